The fraction of sp³-hybridized carbons (Fsp3) is 0.160. The van der Waals surface area contributed by atoms with Gasteiger partial charge in [0.05, 0.1) is 11.1 Å². The van der Waals surface area contributed by atoms with Crippen LogP contribution in [0.25, 0.3) is 22.2 Å². The van der Waals surface area contributed by atoms with Crippen molar-refractivity contribution in [3.8, 4) is 16.9 Å². The van der Waals surface area contributed by atoms with Gasteiger partial charge in [0.15, 0.2) is 17.3 Å². The van der Waals surface area contributed by atoms with Gasteiger partial charge in [0.1, 0.15) is 11.2 Å². The summed E-state index contributed by atoms with van der Waals surface area (Å²) in [5.41, 5.74) is 0.806. The van der Waals surface area contributed by atoms with Crippen LogP contribution in [0.5, 0.6) is 5.75 Å². The molecule has 0 saturated carbocycles. The number of aromatic nitrogens is 2. The Labute approximate surface area is 183 Å². The van der Waals surface area contributed by atoms with Crippen molar-refractivity contribution in [3.63, 3.8) is 0 Å². The highest BCUT2D eigenvalue weighted by atomic mass is 19.1. The highest BCUT2D eigenvalue weighted by Crippen LogP contribution is 2.30. The van der Waals surface area contributed by atoms with Gasteiger partial charge >= 0.3 is 6.09 Å². The predicted molar refractivity (Wildman–Crippen MR) is 118 cm³/mol. The Balaban J connectivity index is 1.92. The van der Waals surface area contributed by atoms with E-state index in [-0.39, 0.29) is 16.8 Å². The summed E-state index contributed by atoms with van der Waals surface area (Å²) in [5, 5.41) is 10.1. The number of halogens is 1. The summed E-state index contributed by atoms with van der Waals surface area (Å²) in [6.07, 6.45) is 2.19. The van der Waals surface area contributed by atoms with Crippen molar-refractivity contribution in [2.24, 2.45) is 0 Å². The van der Waals surface area contributed by atoms with Crippen molar-refractivity contribution in [2.75, 3.05) is 0 Å². The lowest BCUT2D eigenvalue weighted by Crippen LogP contribution is -2.27. The van der Waals surface area contributed by atoms with Crippen LogP contribution in [0.15, 0.2) is 67.0 Å². The van der Waals surface area contributed by atoms with Crippen molar-refractivity contribution >= 4 is 22.9 Å². The van der Waals surface area contributed by atoms with E-state index in [4.69, 9.17) is 4.74 Å². The topological polar surface area (TPSA) is 81.4 Å². The molecule has 4 aromatic rings. The van der Waals surface area contributed by atoms with Crippen LogP contribution < -0.4 is 0 Å². The second-order valence-electron chi connectivity index (χ2n) is 8.32. The lowest BCUT2D eigenvalue weighted by Gasteiger charge is -2.19. The van der Waals surface area contributed by atoms with E-state index >= 15 is 0 Å². The number of ketones is 1. The van der Waals surface area contributed by atoms with E-state index < -0.39 is 29.0 Å². The van der Waals surface area contributed by atoms with Gasteiger partial charge in [-0.2, -0.15) is 0 Å². The van der Waals surface area contributed by atoms with Crippen molar-refractivity contribution in [2.45, 2.75) is 26.4 Å². The molecular formula is C25H21FN2O4. The maximum atomic E-state index is 14.5. The number of pyridine rings is 1. The zero-order chi connectivity index (χ0) is 23.0. The number of carbonyl (C=O) groups excluding carboxylic acids is 2. The van der Waals surface area contributed by atoms with Crippen LogP contribution in [0.2, 0.25) is 0 Å². The smallest absolute Gasteiger partial charge is 0.420 e. The standard InChI is InChI=1S/C25H21FN2O4/c1-25(2,3)32-24(31)28-14-19(22(30)17-10-7-11-20(29)21(17)26)18-12-16(13-27-23(18)28)15-8-5-4-6-9-15/h4-14,29H,1-3H3. The minimum absolute atomic E-state index is 0.0700. The van der Waals surface area contributed by atoms with E-state index in [2.05, 4.69) is 4.98 Å². The van der Waals surface area contributed by atoms with Crippen LogP contribution in [0.3, 0.4) is 0 Å². The molecule has 4 rings (SSSR count). The molecule has 0 aliphatic carbocycles. The van der Waals surface area contributed by atoms with E-state index in [1.165, 1.54) is 18.3 Å². The van der Waals surface area contributed by atoms with Gasteiger partial charge in [0.25, 0.3) is 0 Å². The Morgan fingerprint density at radius 1 is 1.00 bits per heavy atom. The molecule has 0 spiro atoms. The molecule has 0 atom stereocenters. The molecule has 162 valence electrons. The molecule has 6 nitrogen and oxygen atoms in total. The molecule has 2 aromatic heterocycles. The number of ether oxygens (including phenoxy) is 1. The monoisotopic (exact) mass is 432 g/mol. The van der Waals surface area contributed by atoms with Gasteiger partial charge in [0, 0.05) is 23.3 Å². The number of phenols is 1. The van der Waals surface area contributed by atoms with Crippen molar-refractivity contribution in [1.82, 2.24) is 9.55 Å². The van der Waals surface area contributed by atoms with Crippen molar-refractivity contribution in [1.29, 1.82) is 0 Å². The van der Waals surface area contributed by atoms with Crippen LogP contribution in [0.4, 0.5) is 9.18 Å². The summed E-state index contributed by atoms with van der Waals surface area (Å²) in [4.78, 5) is 30.5. The summed E-state index contributed by atoms with van der Waals surface area (Å²) in [7, 11) is 0. The van der Waals surface area contributed by atoms with E-state index in [0.717, 1.165) is 21.8 Å². The molecule has 0 radical (unpaired) electrons. The number of hydrogen-bond acceptors (Lipinski definition) is 5. The van der Waals surface area contributed by atoms with Gasteiger partial charge in [-0.05, 0) is 44.5 Å². The molecule has 0 amide bonds. The summed E-state index contributed by atoms with van der Waals surface area (Å²) in [5.74, 6) is -2.34. The first-order chi connectivity index (χ1) is 15.2. The van der Waals surface area contributed by atoms with Crippen molar-refractivity contribution < 1.29 is 23.8 Å². The maximum Gasteiger partial charge on any atom is 0.420 e. The molecule has 0 aliphatic heterocycles. The largest absolute Gasteiger partial charge is 0.505 e. The Bertz CT molecular complexity index is 1340. The minimum atomic E-state index is -1.03. The number of hydrogen-bond donors (Lipinski definition) is 1. The Morgan fingerprint density at radius 3 is 2.41 bits per heavy atom. The Morgan fingerprint density at radius 2 is 1.72 bits per heavy atom. The Kier molecular flexibility index (Phi) is 5.26. The van der Waals surface area contributed by atoms with Crippen LogP contribution in [-0.2, 0) is 4.74 Å². The Hall–Kier alpha value is -4.00. The minimum Gasteiger partial charge on any atom is -0.505 e. The number of phenolic OH excluding ortho intramolecular Hbond substituents is 1. The first kappa shape index (κ1) is 21.2. The van der Waals surface area contributed by atoms with Crippen LogP contribution in [-0.4, -0.2) is 32.1 Å². The van der Waals surface area contributed by atoms with E-state index in [1.54, 1.807) is 33.0 Å². The normalized spacial score (nSPS) is 11.5. The molecule has 7 heteroatoms. The molecule has 0 unspecified atom stereocenters. The fourth-order valence-electron chi connectivity index (χ4n) is 3.37. The van der Waals surface area contributed by atoms with Crippen LogP contribution in [0, 0.1) is 5.82 Å². The molecule has 0 bridgehead atoms. The SMILES string of the molecule is CC(C)(C)OC(=O)n1cc(C(=O)c2cccc(O)c2F)c2cc(-c3ccccc3)cnc21. The fourth-order valence-corrected chi connectivity index (χ4v) is 3.37. The summed E-state index contributed by atoms with van der Waals surface area (Å²) < 4.78 is 21.1. The third-order valence-electron chi connectivity index (χ3n) is 4.81. The highest BCUT2D eigenvalue weighted by Gasteiger charge is 2.26. The summed E-state index contributed by atoms with van der Waals surface area (Å²) in [6.45, 7) is 5.18. The molecule has 0 saturated heterocycles. The zero-order valence-electron chi connectivity index (χ0n) is 17.8. The number of benzene rings is 2. The quantitative estimate of drug-likeness (QED) is 0.429. The van der Waals surface area contributed by atoms with Crippen molar-refractivity contribution in [3.05, 3.63) is 83.9 Å². The second kappa shape index (κ2) is 7.92. The van der Waals surface area contributed by atoms with Gasteiger partial charge in [0.2, 0.25) is 0 Å². The lowest BCUT2D eigenvalue weighted by molar-refractivity contribution is 0.0543. The number of fused-ring (bicyclic) bond motifs is 1. The van der Waals surface area contributed by atoms with Gasteiger partial charge in [-0.3, -0.25) is 4.79 Å². The average Bonchev–Trinajstić information content (AvgIpc) is 3.14. The number of nitrogens with zero attached hydrogens (tertiary/aromatic N) is 2. The first-order valence-corrected chi connectivity index (χ1v) is 9.98. The van der Waals surface area contributed by atoms with Gasteiger partial charge < -0.3 is 9.84 Å². The zero-order valence-corrected chi connectivity index (χ0v) is 17.8. The predicted octanol–water partition coefficient (Wildman–Crippen LogP) is 5.56. The van der Waals surface area contributed by atoms with E-state index in [9.17, 15) is 19.1 Å². The summed E-state index contributed by atoms with van der Waals surface area (Å²) in [6, 6.07) is 15.0. The molecule has 1 N–H and O–H groups in total. The number of aromatic hydroxyl groups is 1. The molecular weight excluding hydrogens is 411 g/mol. The second-order valence-corrected chi connectivity index (χ2v) is 8.32. The summed E-state index contributed by atoms with van der Waals surface area (Å²) >= 11 is 0. The molecule has 2 aromatic carbocycles. The number of carbonyl (C=O) groups is 2. The lowest BCUT2D eigenvalue weighted by atomic mass is 10.0. The van der Waals surface area contributed by atoms with Gasteiger partial charge in [-0.1, -0.05) is 36.4 Å². The third-order valence-corrected chi connectivity index (χ3v) is 4.81. The van der Waals surface area contributed by atoms with Gasteiger partial charge in [-0.15, -0.1) is 0 Å². The molecule has 0 fully saturated rings. The van der Waals surface area contributed by atoms with Gasteiger partial charge in [-0.25, -0.2) is 18.7 Å². The van der Waals surface area contributed by atoms with Crippen LogP contribution >= 0.6 is 0 Å². The van der Waals surface area contributed by atoms with E-state index in [0.29, 0.717) is 5.39 Å². The third kappa shape index (κ3) is 3.97. The molecule has 0 aliphatic rings. The number of rotatable bonds is 3. The van der Waals surface area contributed by atoms with Crippen LogP contribution in [0.1, 0.15) is 36.7 Å². The first-order valence-electron chi connectivity index (χ1n) is 9.98. The average molecular weight is 432 g/mol. The highest BCUT2D eigenvalue weighted by molar-refractivity contribution is 6.17. The van der Waals surface area contributed by atoms with E-state index in [1.807, 2.05) is 30.3 Å². The molecule has 32 heavy (non-hydrogen) atoms. The maximum absolute atomic E-state index is 14.5. The molecule has 2 heterocycles.